The van der Waals surface area contributed by atoms with E-state index in [1.807, 2.05) is 36.4 Å². The zero-order valence-corrected chi connectivity index (χ0v) is 13.1. The Hall–Kier alpha value is -2.26. The maximum Gasteiger partial charge on any atom is 0.189 e. The van der Waals surface area contributed by atoms with Crippen LogP contribution in [0.2, 0.25) is 5.02 Å². The van der Waals surface area contributed by atoms with Crippen LogP contribution in [0.4, 0.5) is 0 Å². The van der Waals surface area contributed by atoms with Crippen LogP contribution < -0.4 is 9.47 Å². The van der Waals surface area contributed by atoms with Crippen LogP contribution in [0.1, 0.15) is 21.5 Å². The maximum absolute atomic E-state index is 12.4. The van der Waals surface area contributed by atoms with Crippen molar-refractivity contribution in [1.29, 1.82) is 0 Å². The number of carbonyl (C=O) groups excluding carboxylic acids is 1. The Morgan fingerprint density at radius 2 is 1.91 bits per heavy atom. The summed E-state index contributed by atoms with van der Waals surface area (Å²) < 4.78 is 10.5. The first kappa shape index (κ1) is 14.7. The highest BCUT2D eigenvalue weighted by Gasteiger charge is 2.24. The van der Waals surface area contributed by atoms with Crippen molar-refractivity contribution in [2.75, 3.05) is 14.2 Å². The lowest BCUT2D eigenvalue weighted by Crippen LogP contribution is -1.96. The van der Waals surface area contributed by atoms with Crippen LogP contribution in [0.15, 0.2) is 42.0 Å². The van der Waals surface area contributed by atoms with Gasteiger partial charge in [-0.25, -0.2) is 0 Å². The third-order valence-corrected chi connectivity index (χ3v) is 4.01. The highest BCUT2D eigenvalue weighted by Crippen LogP contribution is 2.37. The second-order valence-electron chi connectivity index (χ2n) is 5.07. The number of rotatable bonds is 3. The largest absolute Gasteiger partial charge is 0.493 e. The molecule has 22 heavy (non-hydrogen) atoms. The molecule has 0 saturated heterocycles. The summed E-state index contributed by atoms with van der Waals surface area (Å²) in [7, 11) is 3.10. The summed E-state index contributed by atoms with van der Waals surface area (Å²) in [6, 6.07) is 11.3. The van der Waals surface area contributed by atoms with Gasteiger partial charge in [0, 0.05) is 17.6 Å². The Labute approximate surface area is 134 Å². The summed E-state index contributed by atoms with van der Waals surface area (Å²) in [5.74, 6) is 1.11. The number of hydrogen-bond acceptors (Lipinski definition) is 3. The van der Waals surface area contributed by atoms with E-state index in [1.165, 1.54) is 0 Å². The summed E-state index contributed by atoms with van der Waals surface area (Å²) in [5.41, 5.74) is 3.41. The highest BCUT2D eigenvalue weighted by atomic mass is 35.5. The fraction of sp³-hybridized carbons (Fsp3) is 0.167. The standard InChI is InChI=1S/C18H15ClO3/c1-21-16-9-11(8-15(19)18(16)22-2)7-13-10-12-5-3-4-6-14(12)17(13)20/h3-9H,10H2,1-2H3/b13-7+. The van der Waals surface area contributed by atoms with Crippen molar-refractivity contribution in [3.8, 4) is 11.5 Å². The molecule has 2 aromatic carbocycles. The minimum atomic E-state index is 0.0708. The summed E-state index contributed by atoms with van der Waals surface area (Å²) in [6.07, 6.45) is 2.50. The molecule has 3 nitrogen and oxygen atoms in total. The molecule has 0 radical (unpaired) electrons. The van der Waals surface area contributed by atoms with E-state index < -0.39 is 0 Å². The average molecular weight is 315 g/mol. The van der Waals surface area contributed by atoms with Gasteiger partial charge in [-0.15, -0.1) is 0 Å². The molecule has 0 unspecified atom stereocenters. The molecule has 1 aliphatic carbocycles. The smallest absolute Gasteiger partial charge is 0.189 e. The van der Waals surface area contributed by atoms with E-state index in [0.29, 0.717) is 22.9 Å². The van der Waals surface area contributed by atoms with Gasteiger partial charge < -0.3 is 9.47 Å². The number of Topliss-reactive ketones (excluding diaryl/α,β-unsaturated/α-hetero) is 1. The Kier molecular flexibility index (Phi) is 3.90. The van der Waals surface area contributed by atoms with Gasteiger partial charge in [0.1, 0.15) is 0 Å². The van der Waals surface area contributed by atoms with Crippen LogP contribution >= 0.6 is 11.6 Å². The monoisotopic (exact) mass is 314 g/mol. The van der Waals surface area contributed by atoms with Crippen molar-refractivity contribution in [3.05, 3.63) is 63.7 Å². The first-order valence-corrected chi connectivity index (χ1v) is 7.26. The van der Waals surface area contributed by atoms with E-state index in [2.05, 4.69) is 0 Å². The lowest BCUT2D eigenvalue weighted by Gasteiger charge is -2.10. The lowest BCUT2D eigenvalue weighted by molar-refractivity contribution is 0.104. The number of halogens is 1. The van der Waals surface area contributed by atoms with Crippen LogP contribution in [-0.4, -0.2) is 20.0 Å². The van der Waals surface area contributed by atoms with Gasteiger partial charge in [0.25, 0.3) is 0 Å². The molecular formula is C18H15ClO3. The van der Waals surface area contributed by atoms with Crippen LogP contribution in [-0.2, 0) is 6.42 Å². The molecule has 2 aromatic rings. The number of carbonyl (C=O) groups is 1. The van der Waals surface area contributed by atoms with E-state index in [4.69, 9.17) is 21.1 Å². The fourth-order valence-electron chi connectivity index (χ4n) is 2.69. The molecule has 0 atom stereocenters. The third kappa shape index (κ3) is 2.48. The van der Waals surface area contributed by atoms with Crippen molar-refractivity contribution in [3.63, 3.8) is 0 Å². The van der Waals surface area contributed by atoms with Gasteiger partial charge >= 0.3 is 0 Å². The van der Waals surface area contributed by atoms with Gasteiger partial charge in [-0.05, 0) is 29.3 Å². The Bertz CT molecular complexity index is 778. The van der Waals surface area contributed by atoms with Crippen molar-refractivity contribution in [2.24, 2.45) is 0 Å². The molecule has 4 heteroatoms. The van der Waals surface area contributed by atoms with Crippen LogP contribution in [0.3, 0.4) is 0 Å². The number of fused-ring (bicyclic) bond motifs is 1. The summed E-state index contributed by atoms with van der Waals surface area (Å²) in [4.78, 5) is 12.4. The SMILES string of the molecule is COc1cc(/C=C2\Cc3ccccc3C2=O)cc(Cl)c1OC. The van der Waals surface area contributed by atoms with Crippen LogP contribution in [0.25, 0.3) is 6.08 Å². The molecule has 0 spiro atoms. The molecule has 112 valence electrons. The maximum atomic E-state index is 12.4. The van der Waals surface area contributed by atoms with Crippen molar-refractivity contribution in [1.82, 2.24) is 0 Å². The van der Waals surface area contributed by atoms with Gasteiger partial charge in [0.2, 0.25) is 0 Å². The quantitative estimate of drug-likeness (QED) is 0.797. The second-order valence-corrected chi connectivity index (χ2v) is 5.48. The summed E-state index contributed by atoms with van der Waals surface area (Å²) in [5, 5.41) is 0.455. The minimum absolute atomic E-state index is 0.0708. The molecule has 0 fully saturated rings. The van der Waals surface area contributed by atoms with Crippen molar-refractivity contribution < 1.29 is 14.3 Å². The molecule has 1 aliphatic rings. The van der Waals surface area contributed by atoms with Crippen molar-refractivity contribution >= 4 is 23.5 Å². The fourth-order valence-corrected chi connectivity index (χ4v) is 2.99. The predicted molar refractivity (Wildman–Crippen MR) is 87.0 cm³/mol. The average Bonchev–Trinajstić information content (AvgIpc) is 2.83. The third-order valence-electron chi connectivity index (χ3n) is 3.73. The van der Waals surface area contributed by atoms with Crippen molar-refractivity contribution in [2.45, 2.75) is 6.42 Å². The Morgan fingerprint density at radius 1 is 1.14 bits per heavy atom. The molecule has 0 bridgehead atoms. The molecule has 0 heterocycles. The number of ketones is 1. The molecule has 0 amide bonds. The number of benzene rings is 2. The zero-order valence-electron chi connectivity index (χ0n) is 12.4. The molecule has 0 saturated carbocycles. The van der Waals surface area contributed by atoms with E-state index in [0.717, 1.165) is 22.3 Å². The molecular weight excluding hydrogens is 300 g/mol. The van der Waals surface area contributed by atoms with E-state index in [9.17, 15) is 4.79 Å². The van der Waals surface area contributed by atoms with Gasteiger partial charge in [-0.1, -0.05) is 35.9 Å². The highest BCUT2D eigenvalue weighted by molar-refractivity contribution is 6.32. The number of methoxy groups -OCH3 is 2. The van der Waals surface area contributed by atoms with Gasteiger partial charge in [0.05, 0.1) is 19.2 Å². The molecule has 0 N–H and O–H groups in total. The molecule has 0 aromatic heterocycles. The summed E-state index contributed by atoms with van der Waals surface area (Å²) in [6.45, 7) is 0. The zero-order chi connectivity index (χ0) is 15.7. The number of allylic oxidation sites excluding steroid dienone is 1. The second kappa shape index (κ2) is 5.85. The van der Waals surface area contributed by atoms with E-state index in [1.54, 1.807) is 20.3 Å². The normalized spacial score (nSPS) is 15.0. The first-order valence-electron chi connectivity index (χ1n) is 6.88. The number of ether oxygens (including phenoxy) is 2. The topological polar surface area (TPSA) is 35.5 Å². The Balaban J connectivity index is 2.01. The minimum Gasteiger partial charge on any atom is -0.493 e. The van der Waals surface area contributed by atoms with Gasteiger partial charge in [-0.2, -0.15) is 0 Å². The predicted octanol–water partition coefficient (Wildman–Crippen LogP) is 4.18. The summed E-state index contributed by atoms with van der Waals surface area (Å²) >= 11 is 6.21. The van der Waals surface area contributed by atoms with E-state index in [-0.39, 0.29) is 5.78 Å². The van der Waals surface area contributed by atoms with Crippen LogP contribution in [0, 0.1) is 0 Å². The molecule has 0 aliphatic heterocycles. The first-order chi connectivity index (χ1) is 10.6. The molecule has 3 rings (SSSR count). The van der Waals surface area contributed by atoms with E-state index >= 15 is 0 Å². The van der Waals surface area contributed by atoms with Crippen LogP contribution in [0.5, 0.6) is 11.5 Å². The van der Waals surface area contributed by atoms with Gasteiger partial charge in [0.15, 0.2) is 17.3 Å². The lowest BCUT2D eigenvalue weighted by atomic mass is 10.1. The number of hydrogen-bond donors (Lipinski definition) is 0. The van der Waals surface area contributed by atoms with Gasteiger partial charge in [-0.3, -0.25) is 4.79 Å². The Morgan fingerprint density at radius 3 is 2.59 bits per heavy atom.